The van der Waals surface area contributed by atoms with Crippen molar-refractivity contribution in [1.29, 1.82) is 0 Å². The average molecular weight is 255 g/mol. The Kier molecular flexibility index (Phi) is 6.10. The Balaban J connectivity index is 2.61. The lowest BCUT2D eigenvalue weighted by Gasteiger charge is -2.07. The van der Waals surface area contributed by atoms with Crippen molar-refractivity contribution < 1.29 is 19.5 Å². The van der Waals surface area contributed by atoms with E-state index in [0.29, 0.717) is 18.8 Å². The zero-order valence-corrected chi connectivity index (χ0v) is 10.3. The SMILES string of the molecule is COCCCCOc1ccc(CO)cc1[N+](=O)[O-]. The zero-order chi connectivity index (χ0) is 13.4. The van der Waals surface area contributed by atoms with E-state index in [0.717, 1.165) is 12.8 Å². The summed E-state index contributed by atoms with van der Waals surface area (Å²) >= 11 is 0. The number of aliphatic hydroxyl groups excluding tert-OH is 1. The molecule has 1 rings (SSSR count). The van der Waals surface area contributed by atoms with E-state index in [1.807, 2.05) is 0 Å². The predicted molar refractivity (Wildman–Crippen MR) is 65.6 cm³/mol. The molecule has 0 bridgehead atoms. The van der Waals surface area contributed by atoms with Crippen LogP contribution in [0.4, 0.5) is 5.69 Å². The van der Waals surface area contributed by atoms with Crippen LogP contribution in [-0.2, 0) is 11.3 Å². The van der Waals surface area contributed by atoms with Crippen molar-refractivity contribution in [3.05, 3.63) is 33.9 Å². The van der Waals surface area contributed by atoms with E-state index < -0.39 is 4.92 Å². The van der Waals surface area contributed by atoms with Gasteiger partial charge in [0.2, 0.25) is 0 Å². The van der Waals surface area contributed by atoms with Crippen LogP contribution in [0.2, 0.25) is 0 Å². The number of unbranched alkanes of at least 4 members (excludes halogenated alkanes) is 1. The van der Waals surface area contributed by atoms with Gasteiger partial charge in [-0.2, -0.15) is 0 Å². The number of nitro groups is 1. The van der Waals surface area contributed by atoms with Crippen molar-refractivity contribution >= 4 is 5.69 Å². The van der Waals surface area contributed by atoms with Gasteiger partial charge in [0.1, 0.15) is 0 Å². The highest BCUT2D eigenvalue weighted by Crippen LogP contribution is 2.28. The second kappa shape index (κ2) is 7.62. The zero-order valence-electron chi connectivity index (χ0n) is 10.3. The molecular weight excluding hydrogens is 238 g/mol. The Bertz CT molecular complexity index is 394. The van der Waals surface area contributed by atoms with Crippen molar-refractivity contribution in [1.82, 2.24) is 0 Å². The standard InChI is InChI=1S/C12H17NO5/c1-17-6-2-3-7-18-12-5-4-10(9-14)8-11(12)13(15)16/h4-5,8,14H,2-3,6-7,9H2,1H3. The third-order valence-corrected chi connectivity index (χ3v) is 2.40. The molecule has 1 aromatic carbocycles. The van der Waals surface area contributed by atoms with E-state index in [-0.39, 0.29) is 18.0 Å². The summed E-state index contributed by atoms with van der Waals surface area (Å²) in [7, 11) is 1.62. The van der Waals surface area contributed by atoms with Gasteiger partial charge in [0.05, 0.1) is 18.1 Å². The first-order valence-electron chi connectivity index (χ1n) is 5.69. The third-order valence-electron chi connectivity index (χ3n) is 2.40. The monoisotopic (exact) mass is 255 g/mol. The van der Waals surface area contributed by atoms with Gasteiger partial charge in [-0.15, -0.1) is 0 Å². The molecule has 0 unspecified atom stereocenters. The van der Waals surface area contributed by atoms with E-state index in [9.17, 15) is 10.1 Å². The fourth-order valence-corrected chi connectivity index (χ4v) is 1.46. The van der Waals surface area contributed by atoms with Crippen molar-refractivity contribution in [2.45, 2.75) is 19.4 Å². The first kappa shape index (κ1) is 14.4. The summed E-state index contributed by atoms with van der Waals surface area (Å²) < 4.78 is 10.3. The van der Waals surface area contributed by atoms with Crippen molar-refractivity contribution in [2.75, 3.05) is 20.3 Å². The number of nitro benzene ring substituents is 1. The van der Waals surface area contributed by atoms with Crippen LogP contribution in [0, 0.1) is 10.1 Å². The van der Waals surface area contributed by atoms with Gasteiger partial charge in [-0.3, -0.25) is 10.1 Å². The number of methoxy groups -OCH3 is 1. The van der Waals surface area contributed by atoms with Gasteiger partial charge < -0.3 is 14.6 Å². The molecule has 0 aliphatic heterocycles. The van der Waals surface area contributed by atoms with Crippen LogP contribution >= 0.6 is 0 Å². The van der Waals surface area contributed by atoms with Gasteiger partial charge in [0.25, 0.3) is 0 Å². The van der Waals surface area contributed by atoms with Crippen LogP contribution in [-0.4, -0.2) is 30.4 Å². The average Bonchev–Trinajstić information content (AvgIpc) is 2.38. The lowest BCUT2D eigenvalue weighted by atomic mass is 10.2. The molecule has 6 nitrogen and oxygen atoms in total. The van der Waals surface area contributed by atoms with Crippen molar-refractivity contribution in [2.24, 2.45) is 0 Å². The van der Waals surface area contributed by atoms with Crippen LogP contribution < -0.4 is 4.74 Å². The summed E-state index contributed by atoms with van der Waals surface area (Å²) in [6, 6.07) is 4.45. The summed E-state index contributed by atoms with van der Waals surface area (Å²) in [5.41, 5.74) is 0.377. The lowest BCUT2D eigenvalue weighted by molar-refractivity contribution is -0.386. The minimum absolute atomic E-state index is 0.117. The highest BCUT2D eigenvalue weighted by atomic mass is 16.6. The van der Waals surface area contributed by atoms with Gasteiger partial charge in [-0.25, -0.2) is 0 Å². The largest absolute Gasteiger partial charge is 0.487 e. The topological polar surface area (TPSA) is 81.8 Å². The lowest BCUT2D eigenvalue weighted by Crippen LogP contribution is -2.02. The number of aliphatic hydroxyl groups is 1. The van der Waals surface area contributed by atoms with E-state index in [2.05, 4.69) is 0 Å². The van der Waals surface area contributed by atoms with E-state index in [1.54, 1.807) is 13.2 Å². The van der Waals surface area contributed by atoms with E-state index in [4.69, 9.17) is 14.6 Å². The number of rotatable bonds is 8. The maximum absolute atomic E-state index is 10.8. The molecule has 0 aromatic heterocycles. The van der Waals surface area contributed by atoms with Crippen molar-refractivity contribution in [3.63, 3.8) is 0 Å². The highest BCUT2D eigenvalue weighted by Gasteiger charge is 2.15. The maximum atomic E-state index is 10.8. The van der Waals surface area contributed by atoms with Crippen LogP contribution in [0.1, 0.15) is 18.4 Å². The second-order valence-electron chi connectivity index (χ2n) is 3.77. The Hall–Kier alpha value is -1.66. The molecule has 100 valence electrons. The van der Waals surface area contributed by atoms with Crippen LogP contribution in [0.5, 0.6) is 5.75 Å². The maximum Gasteiger partial charge on any atom is 0.311 e. The highest BCUT2D eigenvalue weighted by molar-refractivity contribution is 5.48. The molecule has 0 aliphatic carbocycles. The Labute approximate surface area is 105 Å². The molecule has 0 spiro atoms. The molecule has 1 aromatic rings. The Morgan fingerprint density at radius 3 is 2.67 bits per heavy atom. The summed E-state index contributed by atoms with van der Waals surface area (Å²) in [5, 5.41) is 19.8. The minimum atomic E-state index is -0.510. The minimum Gasteiger partial charge on any atom is -0.487 e. The molecule has 0 fully saturated rings. The van der Waals surface area contributed by atoms with Crippen LogP contribution in [0.25, 0.3) is 0 Å². The molecule has 6 heteroatoms. The Morgan fingerprint density at radius 2 is 2.06 bits per heavy atom. The van der Waals surface area contributed by atoms with E-state index >= 15 is 0 Å². The number of hydrogen-bond acceptors (Lipinski definition) is 5. The van der Waals surface area contributed by atoms with Gasteiger partial charge in [0, 0.05) is 19.8 Å². The van der Waals surface area contributed by atoms with Crippen molar-refractivity contribution in [3.8, 4) is 5.75 Å². The third kappa shape index (κ3) is 4.31. The molecule has 1 N–H and O–H groups in total. The number of benzene rings is 1. The number of nitrogens with zero attached hydrogens (tertiary/aromatic N) is 1. The first-order valence-corrected chi connectivity index (χ1v) is 5.69. The molecular formula is C12H17NO5. The quantitative estimate of drug-likeness (QED) is 0.436. The molecule has 0 amide bonds. The fraction of sp³-hybridized carbons (Fsp3) is 0.500. The molecule has 0 aliphatic rings. The van der Waals surface area contributed by atoms with E-state index in [1.165, 1.54) is 12.1 Å². The summed E-state index contributed by atoms with van der Waals surface area (Å²) in [6.45, 7) is 0.826. The van der Waals surface area contributed by atoms with Gasteiger partial charge in [-0.05, 0) is 24.5 Å². The molecule has 0 radical (unpaired) electrons. The normalized spacial score (nSPS) is 10.3. The molecule has 0 atom stereocenters. The van der Waals surface area contributed by atoms with Crippen LogP contribution in [0.15, 0.2) is 18.2 Å². The molecule has 0 heterocycles. The number of ether oxygens (including phenoxy) is 2. The van der Waals surface area contributed by atoms with Crippen LogP contribution in [0.3, 0.4) is 0 Å². The molecule has 18 heavy (non-hydrogen) atoms. The van der Waals surface area contributed by atoms with Gasteiger partial charge in [-0.1, -0.05) is 6.07 Å². The predicted octanol–water partition coefficient (Wildman–Crippen LogP) is 1.89. The molecule has 0 saturated carbocycles. The summed E-state index contributed by atoms with van der Waals surface area (Å²) in [6.07, 6.45) is 1.62. The second-order valence-corrected chi connectivity index (χ2v) is 3.77. The Morgan fingerprint density at radius 1 is 1.33 bits per heavy atom. The summed E-state index contributed by atoms with van der Waals surface area (Å²) in [4.78, 5) is 10.3. The molecule has 0 saturated heterocycles. The van der Waals surface area contributed by atoms with Gasteiger partial charge in [0.15, 0.2) is 5.75 Å². The summed E-state index contributed by atoms with van der Waals surface area (Å²) in [5.74, 6) is 0.231. The first-order chi connectivity index (χ1) is 8.69. The van der Waals surface area contributed by atoms with Gasteiger partial charge >= 0.3 is 5.69 Å². The number of hydrogen-bond donors (Lipinski definition) is 1. The smallest absolute Gasteiger partial charge is 0.311 e. The fourth-order valence-electron chi connectivity index (χ4n) is 1.46.